The molecule has 1 aromatic carbocycles. The molecule has 0 radical (unpaired) electrons. The highest BCUT2D eigenvalue weighted by molar-refractivity contribution is 7.89. The molecule has 0 spiro atoms. The van der Waals surface area contributed by atoms with Gasteiger partial charge in [-0.25, -0.2) is 13.2 Å². The Bertz CT molecular complexity index is 758. The highest BCUT2D eigenvalue weighted by atomic mass is 32.2. The maximum absolute atomic E-state index is 13.2. The molecule has 0 bridgehead atoms. The van der Waals surface area contributed by atoms with Gasteiger partial charge in [0.25, 0.3) is 0 Å². The molecule has 0 fully saturated rings. The normalized spacial score (nSPS) is 19.4. The molecule has 25 heavy (non-hydrogen) atoms. The van der Waals surface area contributed by atoms with Crippen molar-refractivity contribution in [1.82, 2.24) is 4.31 Å². The Hall–Kier alpha value is -1.66. The third-order valence-corrected chi connectivity index (χ3v) is 6.30. The van der Waals surface area contributed by atoms with E-state index in [0.29, 0.717) is 12.0 Å². The van der Waals surface area contributed by atoms with Crippen LogP contribution in [0.25, 0.3) is 0 Å². The summed E-state index contributed by atoms with van der Waals surface area (Å²) in [5, 5.41) is 0. The largest absolute Gasteiger partial charge is 0.463 e. The van der Waals surface area contributed by atoms with Crippen molar-refractivity contribution in [3.63, 3.8) is 0 Å². The minimum absolute atomic E-state index is 0.0387. The zero-order valence-electron chi connectivity index (χ0n) is 15.6. The van der Waals surface area contributed by atoms with Crippen LogP contribution in [0.1, 0.15) is 39.7 Å². The van der Waals surface area contributed by atoms with Crippen LogP contribution in [0.4, 0.5) is 0 Å². The van der Waals surface area contributed by atoms with E-state index in [1.54, 1.807) is 31.2 Å². The predicted octanol–water partition coefficient (Wildman–Crippen LogP) is 3.29. The zero-order chi connectivity index (χ0) is 18.8. The quantitative estimate of drug-likeness (QED) is 0.768. The lowest BCUT2D eigenvalue weighted by Gasteiger charge is -2.41. The molecule has 6 heteroatoms. The second kappa shape index (κ2) is 7.30. The van der Waals surface area contributed by atoms with Crippen LogP contribution in [0.5, 0.6) is 0 Å². The van der Waals surface area contributed by atoms with E-state index in [1.807, 2.05) is 33.8 Å². The Balaban J connectivity index is 2.44. The van der Waals surface area contributed by atoms with Gasteiger partial charge in [0.05, 0.1) is 11.5 Å². The summed E-state index contributed by atoms with van der Waals surface area (Å²) in [5.74, 6) is -0.445. The van der Waals surface area contributed by atoms with E-state index in [2.05, 4.69) is 0 Å². The maximum Gasteiger partial charge on any atom is 0.335 e. The van der Waals surface area contributed by atoms with Gasteiger partial charge in [-0.1, -0.05) is 44.5 Å². The number of carbonyl (C=O) groups is 1. The Morgan fingerprint density at radius 3 is 2.36 bits per heavy atom. The number of carbonyl (C=O) groups excluding carboxylic acids is 1. The summed E-state index contributed by atoms with van der Waals surface area (Å²) in [4.78, 5) is 12.3. The number of benzene rings is 1. The van der Waals surface area contributed by atoms with Gasteiger partial charge >= 0.3 is 5.97 Å². The number of esters is 1. The van der Waals surface area contributed by atoms with Crippen molar-refractivity contribution in [3.8, 4) is 0 Å². The van der Waals surface area contributed by atoms with Crippen molar-refractivity contribution in [2.24, 2.45) is 5.41 Å². The molecule has 0 unspecified atom stereocenters. The maximum atomic E-state index is 13.2. The Morgan fingerprint density at radius 1 is 1.24 bits per heavy atom. The van der Waals surface area contributed by atoms with Crippen LogP contribution in [0.3, 0.4) is 0 Å². The fourth-order valence-corrected chi connectivity index (χ4v) is 4.77. The van der Waals surface area contributed by atoms with Crippen LogP contribution in [-0.4, -0.2) is 37.9 Å². The number of hydrogen-bond acceptors (Lipinski definition) is 4. The topological polar surface area (TPSA) is 63.7 Å². The Kier molecular flexibility index (Phi) is 5.74. The summed E-state index contributed by atoms with van der Waals surface area (Å²) >= 11 is 0. The molecule has 0 N–H and O–H groups in total. The van der Waals surface area contributed by atoms with Gasteiger partial charge in [0.15, 0.2) is 0 Å². The minimum atomic E-state index is -3.71. The average Bonchev–Trinajstić information content (AvgIpc) is 2.54. The lowest BCUT2D eigenvalue weighted by atomic mass is 9.83. The Morgan fingerprint density at radius 2 is 1.84 bits per heavy atom. The van der Waals surface area contributed by atoms with Gasteiger partial charge in [0.1, 0.15) is 0 Å². The summed E-state index contributed by atoms with van der Waals surface area (Å²) in [6.07, 6.45) is 2.30. The van der Waals surface area contributed by atoms with Crippen molar-refractivity contribution < 1.29 is 17.9 Å². The summed E-state index contributed by atoms with van der Waals surface area (Å²) in [6, 6.07) is 6.58. The minimum Gasteiger partial charge on any atom is -0.463 e. The van der Waals surface area contributed by atoms with E-state index in [0.717, 1.165) is 5.56 Å². The van der Waals surface area contributed by atoms with Crippen molar-refractivity contribution in [1.29, 1.82) is 0 Å². The molecule has 1 atom stereocenters. The first-order valence-electron chi connectivity index (χ1n) is 8.52. The molecule has 0 saturated heterocycles. The summed E-state index contributed by atoms with van der Waals surface area (Å²) in [7, 11) is -3.71. The predicted molar refractivity (Wildman–Crippen MR) is 97.6 cm³/mol. The van der Waals surface area contributed by atoms with Crippen molar-refractivity contribution >= 4 is 16.0 Å². The van der Waals surface area contributed by atoms with Crippen LogP contribution < -0.4 is 0 Å². The monoisotopic (exact) mass is 365 g/mol. The number of ether oxygens (including phenoxy) is 1. The van der Waals surface area contributed by atoms with E-state index in [4.69, 9.17) is 4.74 Å². The molecule has 1 aliphatic heterocycles. The molecule has 5 nitrogen and oxygen atoms in total. The van der Waals surface area contributed by atoms with Gasteiger partial charge in [-0.15, -0.1) is 0 Å². The zero-order valence-corrected chi connectivity index (χ0v) is 16.4. The molecule has 138 valence electrons. The van der Waals surface area contributed by atoms with Crippen molar-refractivity contribution in [2.75, 3.05) is 13.2 Å². The van der Waals surface area contributed by atoms with E-state index in [-0.39, 0.29) is 29.5 Å². The molecule has 1 aliphatic rings. The fourth-order valence-electron chi connectivity index (χ4n) is 2.97. The SMILES string of the molecule is CCOC(=O)C1=CC[C@@H](C(C)(C)C)N(S(=O)(=O)c2ccc(C)cc2)C1. The molecule has 0 aromatic heterocycles. The van der Waals surface area contributed by atoms with E-state index >= 15 is 0 Å². The first-order valence-corrected chi connectivity index (χ1v) is 9.96. The summed E-state index contributed by atoms with van der Waals surface area (Å²) in [6.45, 7) is 9.99. The summed E-state index contributed by atoms with van der Waals surface area (Å²) in [5.41, 5.74) is 1.14. The number of aryl methyl sites for hydroxylation is 1. The third-order valence-electron chi connectivity index (χ3n) is 4.43. The lowest BCUT2D eigenvalue weighted by molar-refractivity contribution is -0.138. The van der Waals surface area contributed by atoms with E-state index in [9.17, 15) is 13.2 Å². The third kappa shape index (κ3) is 4.30. The van der Waals surface area contributed by atoms with Gasteiger partial charge in [0.2, 0.25) is 10.0 Å². The van der Waals surface area contributed by atoms with Crippen LogP contribution in [0, 0.1) is 12.3 Å². The number of hydrogen-bond donors (Lipinski definition) is 0. The number of nitrogens with zero attached hydrogens (tertiary/aromatic N) is 1. The second-order valence-electron chi connectivity index (χ2n) is 7.43. The van der Waals surface area contributed by atoms with Gasteiger partial charge in [-0.05, 0) is 37.8 Å². The van der Waals surface area contributed by atoms with E-state index in [1.165, 1.54) is 4.31 Å². The standard InChI is InChI=1S/C19H27NO4S/c1-6-24-18(21)15-9-12-17(19(3,4)5)20(13-15)25(22,23)16-10-7-14(2)8-11-16/h7-11,17H,6,12-13H2,1-5H3/t17-/m0/s1. The van der Waals surface area contributed by atoms with Crippen LogP contribution in [-0.2, 0) is 19.6 Å². The molecular formula is C19H27NO4S. The average molecular weight is 365 g/mol. The van der Waals surface area contributed by atoms with Gasteiger partial charge < -0.3 is 4.74 Å². The van der Waals surface area contributed by atoms with Crippen molar-refractivity contribution in [2.45, 2.75) is 52.0 Å². The molecule has 1 heterocycles. The van der Waals surface area contributed by atoms with Crippen LogP contribution >= 0.6 is 0 Å². The van der Waals surface area contributed by atoms with E-state index < -0.39 is 16.0 Å². The highest BCUT2D eigenvalue weighted by Crippen LogP contribution is 2.35. The number of rotatable bonds is 4. The lowest BCUT2D eigenvalue weighted by Crippen LogP contribution is -2.50. The smallest absolute Gasteiger partial charge is 0.335 e. The van der Waals surface area contributed by atoms with Gasteiger partial charge in [-0.3, -0.25) is 0 Å². The second-order valence-corrected chi connectivity index (χ2v) is 9.32. The number of sulfonamides is 1. The highest BCUT2D eigenvalue weighted by Gasteiger charge is 2.41. The first kappa shape index (κ1) is 19.7. The van der Waals surface area contributed by atoms with Crippen LogP contribution in [0.2, 0.25) is 0 Å². The summed E-state index contributed by atoms with van der Waals surface area (Å²) < 4.78 is 33.0. The molecule has 0 saturated carbocycles. The first-order chi connectivity index (χ1) is 11.6. The molecule has 0 amide bonds. The molecule has 0 aliphatic carbocycles. The molecule has 1 aromatic rings. The van der Waals surface area contributed by atoms with Crippen LogP contribution in [0.15, 0.2) is 40.8 Å². The fraction of sp³-hybridized carbons (Fsp3) is 0.526. The molecule has 2 rings (SSSR count). The Labute approximate surface area is 150 Å². The van der Waals surface area contributed by atoms with Gasteiger partial charge in [0, 0.05) is 18.2 Å². The van der Waals surface area contributed by atoms with Crippen molar-refractivity contribution in [3.05, 3.63) is 41.5 Å². The van der Waals surface area contributed by atoms with Gasteiger partial charge in [-0.2, -0.15) is 4.31 Å². The molecular weight excluding hydrogens is 338 g/mol.